The van der Waals surface area contributed by atoms with Crippen molar-refractivity contribution >= 4 is 34.0 Å². The minimum Gasteiger partial charge on any atom is -0.344 e. The Hall–Kier alpha value is -3.86. The normalized spacial score (nSPS) is 15.2. The molecule has 0 radical (unpaired) electrons. The summed E-state index contributed by atoms with van der Waals surface area (Å²) in [6, 6.07) is 3.19. The summed E-state index contributed by atoms with van der Waals surface area (Å²) in [5, 5.41) is 8.16. The van der Waals surface area contributed by atoms with E-state index in [1.165, 1.54) is 0 Å². The first-order valence-electron chi connectivity index (χ1n) is 10.3. The van der Waals surface area contributed by atoms with Gasteiger partial charge in [0.05, 0.1) is 11.8 Å². The van der Waals surface area contributed by atoms with Crippen LogP contribution in [0.25, 0.3) is 33.6 Å². The molecule has 0 saturated carbocycles. The van der Waals surface area contributed by atoms with Crippen LogP contribution >= 0.6 is 0 Å². The van der Waals surface area contributed by atoms with Gasteiger partial charge in [-0.2, -0.15) is 5.10 Å². The molecule has 0 aromatic carbocycles. The van der Waals surface area contributed by atoms with Gasteiger partial charge in [-0.05, 0) is 26.0 Å². The topological polar surface area (TPSA) is 148 Å². The van der Waals surface area contributed by atoms with Gasteiger partial charge in [0.25, 0.3) is 5.91 Å². The van der Waals surface area contributed by atoms with E-state index in [2.05, 4.69) is 30.4 Å². The fraction of sp³-hybridized carbons (Fsp3) is 0.333. The fourth-order valence-corrected chi connectivity index (χ4v) is 3.90. The minimum absolute atomic E-state index is 0.00551. The SMILES string of the molecule is Cc1ccc2c(-c3cnc4[nH]cc(C(=O)N[C@H](C)C(=O)N5CC(N)C5)c4n3)nn(C)c2n1. The van der Waals surface area contributed by atoms with Crippen molar-refractivity contribution < 1.29 is 9.59 Å². The Labute approximate surface area is 183 Å². The maximum absolute atomic E-state index is 12.9. The largest absolute Gasteiger partial charge is 0.344 e. The van der Waals surface area contributed by atoms with Crippen LogP contribution in [-0.4, -0.2) is 71.6 Å². The van der Waals surface area contributed by atoms with Gasteiger partial charge >= 0.3 is 0 Å². The molecule has 1 atom stereocenters. The first-order valence-corrected chi connectivity index (χ1v) is 10.3. The number of carbonyl (C=O) groups excluding carboxylic acids is 2. The van der Waals surface area contributed by atoms with Gasteiger partial charge in [0.1, 0.15) is 22.9 Å². The number of nitrogens with two attached hydrogens (primary N) is 1. The van der Waals surface area contributed by atoms with Crippen LogP contribution < -0.4 is 11.1 Å². The smallest absolute Gasteiger partial charge is 0.255 e. The molecule has 5 rings (SSSR count). The number of H-pyrrole nitrogens is 1. The maximum Gasteiger partial charge on any atom is 0.255 e. The Morgan fingerprint density at radius 1 is 1.28 bits per heavy atom. The lowest BCUT2D eigenvalue weighted by atomic mass is 10.1. The number of aryl methyl sites for hydroxylation is 2. The van der Waals surface area contributed by atoms with E-state index in [4.69, 9.17) is 5.73 Å². The monoisotopic (exact) mass is 433 g/mol. The molecule has 1 fully saturated rings. The summed E-state index contributed by atoms with van der Waals surface area (Å²) in [7, 11) is 1.82. The third-order valence-corrected chi connectivity index (χ3v) is 5.63. The number of pyridine rings is 1. The highest BCUT2D eigenvalue weighted by Gasteiger charge is 2.31. The highest BCUT2D eigenvalue weighted by molar-refractivity contribution is 6.06. The van der Waals surface area contributed by atoms with Gasteiger partial charge in [-0.15, -0.1) is 0 Å². The van der Waals surface area contributed by atoms with Crippen molar-refractivity contribution in [2.45, 2.75) is 25.9 Å². The molecule has 4 aromatic rings. The van der Waals surface area contributed by atoms with Crippen LogP contribution in [-0.2, 0) is 11.8 Å². The molecule has 0 spiro atoms. The van der Waals surface area contributed by atoms with Gasteiger partial charge in [-0.3, -0.25) is 9.59 Å². The molecule has 1 aliphatic rings. The average molecular weight is 433 g/mol. The van der Waals surface area contributed by atoms with Crippen molar-refractivity contribution in [1.82, 2.24) is 39.9 Å². The summed E-state index contributed by atoms with van der Waals surface area (Å²) in [5.74, 6) is -0.564. The van der Waals surface area contributed by atoms with Crippen LogP contribution in [0.3, 0.4) is 0 Å². The van der Waals surface area contributed by atoms with Gasteiger partial charge in [0.15, 0.2) is 11.3 Å². The van der Waals surface area contributed by atoms with E-state index in [-0.39, 0.29) is 11.9 Å². The van der Waals surface area contributed by atoms with E-state index in [9.17, 15) is 9.59 Å². The number of hydrogen-bond donors (Lipinski definition) is 3. The molecule has 4 aromatic heterocycles. The predicted molar refractivity (Wildman–Crippen MR) is 118 cm³/mol. The third kappa shape index (κ3) is 3.26. The molecular formula is C21H23N9O2. The molecule has 0 unspecified atom stereocenters. The Bertz CT molecular complexity index is 1370. The fourth-order valence-electron chi connectivity index (χ4n) is 3.90. The number of hydrogen-bond acceptors (Lipinski definition) is 7. The number of nitrogens with zero attached hydrogens (tertiary/aromatic N) is 6. The molecule has 1 saturated heterocycles. The van der Waals surface area contributed by atoms with Gasteiger partial charge in [-0.1, -0.05) is 0 Å². The number of aromatic amines is 1. The zero-order valence-corrected chi connectivity index (χ0v) is 18.0. The lowest BCUT2D eigenvalue weighted by Crippen LogP contribution is -2.61. The highest BCUT2D eigenvalue weighted by atomic mass is 16.2. The van der Waals surface area contributed by atoms with Gasteiger partial charge in [0.2, 0.25) is 5.91 Å². The summed E-state index contributed by atoms with van der Waals surface area (Å²) in [5.41, 5.74) is 9.73. The quantitative estimate of drug-likeness (QED) is 0.424. The number of nitrogens with one attached hydrogen (secondary N) is 2. The number of amides is 2. The number of aromatic nitrogens is 6. The van der Waals surface area contributed by atoms with Crippen LogP contribution in [0.15, 0.2) is 24.5 Å². The summed E-state index contributed by atoms with van der Waals surface area (Å²) >= 11 is 0. The van der Waals surface area contributed by atoms with Crippen molar-refractivity contribution in [2.75, 3.05) is 13.1 Å². The zero-order chi connectivity index (χ0) is 22.6. The Morgan fingerprint density at radius 3 is 2.81 bits per heavy atom. The lowest BCUT2D eigenvalue weighted by molar-refractivity contribution is -0.137. The number of likely N-dealkylation sites (tertiary alicyclic amines) is 1. The molecular weight excluding hydrogens is 410 g/mol. The van der Waals surface area contributed by atoms with Crippen molar-refractivity contribution in [1.29, 1.82) is 0 Å². The molecule has 0 bridgehead atoms. The molecule has 0 aliphatic carbocycles. The summed E-state index contributed by atoms with van der Waals surface area (Å²) < 4.78 is 1.70. The van der Waals surface area contributed by atoms with Crippen molar-refractivity contribution in [3.05, 3.63) is 35.8 Å². The van der Waals surface area contributed by atoms with Crippen molar-refractivity contribution in [3.8, 4) is 11.4 Å². The number of rotatable bonds is 4. The highest BCUT2D eigenvalue weighted by Crippen LogP contribution is 2.27. The van der Waals surface area contributed by atoms with Gasteiger partial charge in [-0.25, -0.2) is 19.6 Å². The third-order valence-electron chi connectivity index (χ3n) is 5.63. The first-order chi connectivity index (χ1) is 15.3. The lowest BCUT2D eigenvalue weighted by Gasteiger charge is -2.38. The molecule has 164 valence electrons. The van der Waals surface area contributed by atoms with Gasteiger partial charge < -0.3 is 20.9 Å². The average Bonchev–Trinajstić information content (AvgIpc) is 3.31. The maximum atomic E-state index is 12.9. The molecule has 5 heterocycles. The molecule has 2 amide bonds. The van der Waals surface area contributed by atoms with Gasteiger partial charge in [0, 0.05) is 43.5 Å². The number of fused-ring (bicyclic) bond motifs is 2. The molecule has 11 nitrogen and oxygen atoms in total. The molecule has 11 heteroatoms. The summed E-state index contributed by atoms with van der Waals surface area (Å²) in [4.78, 5) is 43.5. The first kappa shape index (κ1) is 20.1. The van der Waals surface area contributed by atoms with Crippen LogP contribution in [0.5, 0.6) is 0 Å². The van der Waals surface area contributed by atoms with Crippen LogP contribution in [0.2, 0.25) is 0 Å². The molecule has 32 heavy (non-hydrogen) atoms. The number of carbonyl (C=O) groups is 2. The second kappa shape index (κ2) is 7.38. The molecule has 4 N–H and O–H groups in total. The zero-order valence-electron chi connectivity index (χ0n) is 18.0. The van der Waals surface area contributed by atoms with E-state index in [0.717, 1.165) is 16.7 Å². The van der Waals surface area contributed by atoms with E-state index in [0.29, 0.717) is 41.2 Å². The Balaban J connectivity index is 1.46. The summed E-state index contributed by atoms with van der Waals surface area (Å²) in [6.45, 7) is 4.59. The summed E-state index contributed by atoms with van der Waals surface area (Å²) in [6.07, 6.45) is 3.16. The van der Waals surface area contributed by atoms with Crippen molar-refractivity contribution in [3.63, 3.8) is 0 Å². The molecule has 1 aliphatic heterocycles. The Kier molecular flexibility index (Phi) is 4.63. The Morgan fingerprint density at radius 2 is 2.06 bits per heavy atom. The van der Waals surface area contributed by atoms with Crippen molar-refractivity contribution in [2.24, 2.45) is 12.8 Å². The van der Waals surface area contributed by atoms with E-state index in [1.54, 1.807) is 28.9 Å². The standard InChI is InChI=1S/C21H23N9O2/c1-10-4-5-13-16(28-29(3)19(13)25-10)15-7-24-18-17(27-15)14(6-23-18)20(31)26-11(2)21(32)30-8-12(22)9-30/h4-7,11-12H,8-9,22H2,1-3H3,(H,23,24)(H,26,31)/t11-/m1/s1. The minimum atomic E-state index is -0.676. The van der Waals surface area contributed by atoms with Crippen LogP contribution in [0, 0.1) is 6.92 Å². The van der Waals surface area contributed by atoms with Crippen LogP contribution in [0.1, 0.15) is 23.0 Å². The van der Waals surface area contributed by atoms with E-state index < -0.39 is 11.9 Å². The second-order valence-corrected chi connectivity index (χ2v) is 8.15. The van der Waals surface area contributed by atoms with Crippen LogP contribution in [0.4, 0.5) is 0 Å². The van der Waals surface area contributed by atoms with E-state index >= 15 is 0 Å². The van der Waals surface area contributed by atoms with E-state index in [1.807, 2.05) is 26.1 Å². The predicted octanol–water partition coefficient (Wildman–Crippen LogP) is 0.503. The second-order valence-electron chi connectivity index (χ2n) is 8.15.